The fraction of sp³-hybridized carbons (Fsp3) is 0.222. The molecule has 0 bridgehead atoms. The Morgan fingerprint density at radius 3 is 2.33 bits per heavy atom. The Morgan fingerprint density at radius 1 is 1.00 bits per heavy atom. The molecule has 9 heteroatoms. The van der Waals surface area contributed by atoms with E-state index in [1.54, 1.807) is 36.4 Å². The molecule has 0 aliphatic rings. The van der Waals surface area contributed by atoms with Gasteiger partial charge in [-0.1, -0.05) is 0 Å². The van der Waals surface area contributed by atoms with Crippen molar-refractivity contribution in [1.29, 1.82) is 0 Å². The standard InChI is InChI=1S/C18H21N5O2S2/c1-4-19-18-20-12(2)11-16(22-18)21-14-6-8-15(9-7-14)23-27(24,25)17-10-5-13(3)26-17/h5-11,23H,4H2,1-3H3,(H2,19,20,21,22). The summed E-state index contributed by atoms with van der Waals surface area (Å²) in [7, 11) is -3.56. The molecule has 0 fully saturated rings. The first-order valence-electron chi connectivity index (χ1n) is 8.41. The first-order chi connectivity index (χ1) is 12.9. The molecule has 0 saturated heterocycles. The molecule has 0 radical (unpaired) electrons. The first-order valence-corrected chi connectivity index (χ1v) is 10.7. The quantitative estimate of drug-likeness (QED) is 0.549. The van der Waals surface area contributed by atoms with Gasteiger partial charge in [-0.15, -0.1) is 11.3 Å². The van der Waals surface area contributed by atoms with E-state index in [2.05, 4.69) is 25.3 Å². The van der Waals surface area contributed by atoms with Gasteiger partial charge in [0.2, 0.25) is 5.95 Å². The Balaban J connectivity index is 1.72. The molecule has 0 aliphatic heterocycles. The fourth-order valence-corrected chi connectivity index (χ4v) is 4.74. The second-order valence-corrected chi connectivity index (χ2v) is 9.12. The summed E-state index contributed by atoms with van der Waals surface area (Å²) in [6.07, 6.45) is 0. The lowest BCUT2D eigenvalue weighted by molar-refractivity contribution is 0.603. The van der Waals surface area contributed by atoms with Gasteiger partial charge in [0.25, 0.3) is 10.0 Å². The summed E-state index contributed by atoms with van der Waals surface area (Å²) in [6.45, 7) is 6.50. The average molecular weight is 404 g/mol. The number of sulfonamides is 1. The van der Waals surface area contributed by atoms with E-state index >= 15 is 0 Å². The van der Waals surface area contributed by atoms with Crippen LogP contribution in [0.15, 0.2) is 46.7 Å². The van der Waals surface area contributed by atoms with E-state index in [1.165, 1.54) is 11.3 Å². The van der Waals surface area contributed by atoms with Gasteiger partial charge in [-0.3, -0.25) is 4.72 Å². The van der Waals surface area contributed by atoms with Crippen molar-refractivity contribution < 1.29 is 8.42 Å². The molecule has 2 aromatic heterocycles. The monoisotopic (exact) mass is 403 g/mol. The highest BCUT2D eigenvalue weighted by Crippen LogP contribution is 2.25. The second kappa shape index (κ2) is 7.93. The van der Waals surface area contributed by atoms with E-state index in [9.17, 15) is 8.42 Å². The third-order valence-corrected chi connectivity index (χ3v) is 6.45. The minimum absolute atomic E-state index is 0.301. The van der Waals surface area contributed by atoms with Crippen LogP contribution in [-0.2, 0) is 10.0 Å². The predicted molar refractivity (Wildman–Crippen MR) is 111 cm³/mol. The summed E-state index contributed by atoms with van der Waals surface area (Å²) in [6, 6.07) is 12.2. The number of benzene rings is 1. The highest BCUT2D eigenvalue weighted by atomic mass is 32.2. The van der Waals surface area contributed by atoms with Crippen LogP contribution in [0.1, 0.15) is 17.5 Å². The van der Waals surface area contributed by atoms with Crippen molar-refractivity contribution in [2.75, 3.05) is 21.9 Å². The van der Waals surface area contributed by atoms with Crippen LogP contribution in [0, 0.1) is 13.8 Å². The van der Waals surface area contributed by atoms with Crippen LogP contribution in [0.25, 0.3) is 0 Å². The Kier molecular flexibility index (Phi) is 5.62. The highest BCUT2D eigenvalue weighted by Gasteiger charge is 2.16. The van der Waals surface area contributed by atoms with Crippen molar-refractivity contribution in [2.45, 2.75) is 25.0 Å². The third-order valence-electron chi connectivity index (χ3n) is 3.58. The molecule has 3 N–H and O–H groups in total. The molecule has 1 aromatic carbocycles. The van der Waals surface area contributed by atoms with Crippen LogP contribution < -0.4 is 15.4 Å². The molecule has 7 nitrogen and oxygen atoms in total. The molecular weight excluding hydrogens is 382 g/mol. The third kappa shape index (κ3) is 4.95. The number of hydrogen-bond donors (Lipinski definition) is 3. The second-order valence-electron chi connectivity index (χ2n) is 5.92. The molecular formula is C18H21N5O2S2. The highest BCUT2D eigenvalue weighted by molar-refractivity contribution is 7.94. The first kappa shape index (κ1) is 19.1. The molecule has 0 aliphatic carbocycles. The van der Waals surface area contributed by atoms with Crippen LogP contribution in [0.3, 0.4) is 0 Å². The van der Waals surface area contributed by atoms with Gasteiger partial charge in [0.1, 0.15) is 10.0 Å². The molecule has 0 amide bonds. The Morgan fingerprint density at radius 2 is 1.70 bits per heavy atom. The van der Waals surface area contributed by atoms with Gasteiger partial charge < -0.3 is 10.6 Å². The number of rotatable bonds is 7. The van der Waals surface area contributed by atoms with Crippen LogP contribution in [0.2, 0.25) is 0 Å². The topological polar surface area (TPSA) is 96.0 Å². The molecule has 3 rings (SSSR count). The summed E-state index contributed by atoms with van der Waals surface area (Å²) in [4.78, 5) is 9.66. The molecule has 27 heavy (non-hydrogen) atoms. The normalized spacial score (nSPS) is 11.2. The summed E-state index contributed by atoms with van der Waals surface area (Å²) >= 11 is 1.24. The molecule has 142 valence electrons. The average Bonchev–Trinajstić information content (AvgIpc) is 3.04. The minimum atomic E-state index is -3.56. The predicted octanol–water partition coefficient (Wildman–Crippen LogP) is 4.13. The largest absolute Gasteiger partial charge is 0.354 e. The molecule has 0 atom stereocenters. The maximum absolute atomic E-state index is 12.4. The smallest absolute Gasteiger partial charge is 0.271 e. The van der Waals surface area contributed by atoms with E-state index in [0.29, 0.717) is 21.7 Å². The maximum Gasteiger partial charge on any atom is 0.271 e. The lowest BCUT2D eigenvalue weighted by Crippen LogP contribution is -2.11. The van der Waals surface area contributed by atoms with Gasteiger partial charge in [-0.05, 0) is 57.2 Å². The zero-order chi connectivity index (χ0) is 19.4. The number of thiophene rings is 1. The fourth-order valence-electron chi connectivity index (χ4n) is 2.40. The van der Waals surface area contributed by atoms with E-state index in [0.717, 1.165) is 22.8 Å². The maximum atomic E-state index is 12.4. The Hall–Kier alpha value is -2.65. The van der Waals surface area contributed by atoms with Crippen molar-refractivity contribution in [3.63, 3.8) is 0 Å². The van der Waals surface area contributed by atoms with Gasteiger partial charge in [0, 0.05) is 34.6 Å². The van der Waals surface area contributed by atoms with Crippen molar-refractivity contribution in [2.24, 2.45) is 0 Å². The zero-order valence-electron chi connectivity index (χ0n) is 15.3. The van der Waals surface area contributed by atoms with Crippen LogP contribution in [0.4, 0.5) is 23.1 Å². The van der Waals surface area contributed by atoms with E-state index in [4.69, 9.17) is 0 Å². The number of nitrogens with zero attached hydrogens (tertiary/aromatic N) is 2. The zero-order valence-corrected chi connectivity index (χ0v) is 16.9. The van der Waals surface area contributed by atoms with Crippen LogP contribution >= 0.6 is 11.3 Å². The molecule has 0 spiro atoms. The summed E-state index contributed by atoms with van der Waals surface area (Å²) in [5, 5.41) is 6.29. The van der Waals surface area contributed by atoms with Crippen LogP contribution in [-0.4, -0.2) is 24.9 Å². The minimum Gasteiger partial charge on any atom is -0.354 e. The number of aryl methyl sites for hydroxylation is 2. The Bertz CT molecular complexity index is 1030. The molecule has 2 heterocycles. The van der Waals surface area contributed by atoms with E-state index in [1.807, 2.05) is 26.8 Å². The van der Waals surface area contributed by atoms with Crippen molar-refractivity contribution in [3.8, 4) is 0 Å². The van der Waals surface area contributed by atoms with Crippen molar-refractivity contribution in [1.82, 2.24) is 9.97 Å². The summed E-state index contributed by atoms with van der Waals surface area (Å²) in [5.74, 6) is 1.23. The van der Waals surface area contributed by atoms with Crippen molar-refractivity contribution >= 4 is 44.5 Å². The van der Waals surface area contributed by atoms with Gasteiger partial charge in [0.05, 0.1) is 0 Å². The number of anilines is 4. The lowest BCUT2D eigenvalue weighted by Gasteiger charge is -2.10. The van der Waals surface area contributed by atoms with Gasteiger partial charge in [0.15, 0.2) is 0 Å². The number of nitrogens with one attached hydrogen (secondary N) is 3. The number of aromatic nitrogens is 2. The van der Waals surface area contributed by atoms with E-state index < -0.39 is 10.0 Å². The Labute approximate surface area is 162 Å². The van der Waals surface area contributed by atoms with Gasteiger partial charge in [-0.25, -0.2) is 13.4 Å². The van der Waals surface area contributed by atoms with Crippen molar-refractivity contribution in [3.05, 3.63) is 53.0 Å². The summed E-state index contributed by atoms with van der Waals surface area (Å²) < 4.78 is 27.7. The van der Waals surface area contributed by atoms with E-state index in [-0.39, 0.29) is 0 Å². The molecule has 0 unspecified atom stereocenters. The van der Waals surface area contributed by atoms with Gasteiger partial charge >= 0.3 is 0 Å². The SMILES string of the molecule is CCNc1nc(C)cc(Nc2ccc(NS(=O)(=O)c3ccc(C)s3)cc2)n1. The lowest BCUT2D eigenvalue weighted by atomic mass is 10.3. The van der Waals surface area contributed by atoms with Gasteiger partial charge in [-0.2, -0.15) is 4.98 Å². The number of hydrogen-bond acceptors (Lipinski definition) is 7. The molecule has 3 aromatic rings. The molecule has 0 saturated carbocycles. The summed E-state index contributed by atoms with van der Waals surface area (Å²) in [5.41, 5.74) is 2.14. The van der Waals surface area contributed by atoms with Crippen LogP contribution in [0.5, 0.6) is 0 Å².